The number of nitrogens with zero attached hydrogens (tertiary/aromatic N) is 1. The van der Waals surface area contributed by atoms with Crippen molar-refractivity contribution in [2.45, 2.75) is 0 Å². The Balaban J connectivity index is 1.04. The number of hydrogen-bond donors (Lipinski definition) is 0. The summed E-state index contributed by atoms with van der Waals surface area (Å²) < 4.78 is 13.4. The lowest BCUT2D eigenvalue weighted by Crippen LogP contribution is -2.11. The van der Waals surface area contributed by atoms with Crippen LogP contribution in [0.25, 0.3) is 109 Å². The van der Waals surface area contributed by atoms with Crippen LogP contribution in [-0.4, -0.2) is 0 Å². The molecule has 0 aliphatic rings. The molecule has 0 bridgehead atoms. The molecule has 0 atom stereocenters. The Morgan fingerprint density at radius 3 is 1.74 bits per heavy atom. The van der Waals surface area contributed by atoms with Gasteiger partial charge in [0.15, 0.2) is 0 Å². The molecule has 0 fully saturated rings. The van der Waals surface area contributed by atoms with Gasteiger partial charge in [0, 0.05) is 32.8 Å². The first-order chi connectivity index (χ1) is 30.2. The molecule has 0 aliphatic carbocycles. The zero-order chi connectivity index (χ0) is 40.0. The molecule has 284 valence electrons. The van der Waals surface area contributed by atoms with Gasteiger partial charge in [0.1, 0.15) is 22.3 Å². The number of anilines is 3. The number of benzene rings is 11. The van der Waals surface area contributed by atoms with Gasteiger partial charge in [0.2, 0.25) is 0 Å². The predicted molar refractivity (Wildman–Crippen MR) is 257 cm³/mol. The summed E-state index contributed by atoms with van der Waals surface area (Å²) in [6, 6.07) is 76.3. The summed E-state index contributed by atoms with van der Waals surface area (Å²) in [7, 11) is 0. The number of hydrogen-bond acceptors (Lipinski definition) is 3. The minimum absolute atomic E-state index is 0.849. The molecule has 13 aromatic rings. The lowest BCUT2D eigenvalue weighted by atomic mass is 9.95. The third-order valence-electron chi connectivity index (χ3n) is 12.6. The Kier molecular flexibility index (Phi) is 7.31. The highest BCUT2D eigenvalue weighted by Gasteiger charge is 2.24. The summed E-state index contributed by atoms with van der Waals surface area (Å²) in [5.74, 6) is 0. The quantitative estimate of drug-likeness (QED) is 0.163. The van der Waals surface area contributed by atoms with Crippen molar-refractivity contribution in [3.63, 3.8) is 0 Å². The van der Waals surface area contributed by atoms with Crippen LogP contribution in [0.4, 0.5) is 17.1 Å². The first-order valence-corrected chi connectivity index (χ1v) is 20.8. The van der Waals surface area contributed by atoms with Crippen molar-refractivity contribution in [2.75, 3.05) is 4.90 Å². The maximum Gasteiger partial charge on any atom is 0.143 e. The third kappa shape index (κ3) is 5.24. The van der Waals surface area contributed by atoms with Crippen LogP contribution in [0.15, 0.2) is 221 Å². The van der Waals surface area contributed by atoms with Gasteiger partial charge in [-0.05, 0) is 115 Å². The van der Waals surface area contributed by atoms with Crippen LogP contribution in [-0.2, 0) is 0 Å². The summed E-state index contributed by atoms with van der Waals surface area (Å²) in [6.45, 7) is 0. The molecule has 0 unspecified atom stereocenters. The minimum Gasteiger partial charge on any atom is -0.456 e. The minimum atomic E-state index is 0.849. The Hall–Kier alpha value is -8.14. The van der Waals surface area contributed by atoms with E-state index >= 15 is 0 Å². The molecule has 11 aromatic carbocycles. The van der Waals surface area contributed by atoms with Crippen LogP contribution in [0.1, 0.15) is 0 Å². The van der Waals surface area contributed by atoms with Gasteiger partial charge in [-0.15, -0.1) is 0 Å². The van der Waals surface area contributed by atoms with E-state index in [0.29, 0.717) is 0 Å². The van der Waals surface area contributed by atoms with E-state index < -0.39 is 0 Å². The maximum absolute atomic E-state index is 6.77. The molecule has 0 saturated heterocycles. The van der Waals surface area contributed by atoms with Gasteiger partial charge in [0.25, 0.3) is 0 Å². The summed E-state index contributed by atoms with van der Waals surface area (Å²) in [6.07, 6.45) is 0. The summed E-state index contributed by atoms with van der Waals surface area (Å²) in [4.78, 5) is 2.41. The molecule has 3 nitrogen and oxygen atoms in total. The standard InChI is InChI=1S/C58H35NO2/c1-2-14-40-35-55-50(34-39(40)13-1)56-48(18-9-21-53(56)60-55)47-17-7-8-19-51(47)59(52-20-10-22-54-57(52)49-32-27-38-12-4-6-16-46(38)58(49)61-54)43-29-25-36(26-30-43)41-28-31-45-42(33-41)24-23-37-11-3-5-15-44(37)45/h1-35H. The lowest BCUT2D eigenvalue weighted by Gasteiger charge is -2.29. The maximum atomic E-state index is 6.77. The van der Waals surface area contributed by atoms with Crippen molar-refractivity contribution in [2.24, 2.45) is 0 Å². The molecular weight excluding hydrogens is 743 g/mol. The molecule has 0 amide bonds. The summed E-state index contributed by atoms with van der Waals surface area (Å²) in [5, 5.41) is 14.0. The van der Waals surface area contributed by atoms with Crippen molar-refractivity contribution in [1.82, 2.24) is 0 Å². The highest BCUT2D eigenvalue weighted by Crippen LogP contribution is 2.49. The average molecular weight is 778 g/mol. The second-order valence-electron chi connectivity index (χ2n) is 16.0. The number of para-hydroxylation sites is 1. The molecule has 0 radical (unpaired) electrons. The fraction of sp³-hybridized carbons (Fsp3) is 0. The molecule has 13 rings (SSSR count). The predicted octanol–water partition coefficient (Wildman–Crippen LogP) is 16.9. The van der Waals surface area contributed by atoms with E-state index in [0.717, 1.165) is 93.8 Å². The van der Waals surface area contributed by atoms with E-state index in [2.05, 4.69) is 217 Å². The second kappa shape index (κ2) is 13.2. The normalized spacial score (nSPS) is 11.9. The third-order valence-corrected chi connectivity index (χ3v) is 12.6. The van der Waals surface area contributed by atoms with Crippen LogP contribution >= 0.6 is 0 Å². The SMILES string of the molecule is c1ccc(N(c2ccc(-c3ccc4c(ccc5ccccc54)c3)cc2)c2cccc3oc4c5ccccc5ccc4c23)c(-c2cccc3oc4cc5ccccc5cc4c23)c1. The molecule has 0 aliphatic heterocycles. The van der Waals surface area contributed by atoms with Gasteiger partial charge < -0.3 is 13.7 Å². The van der Waals surface area contributed by atoms with E-state index in [9.17, 15) is 0 Å². The second-order valence-corrected chi connectivity index (χ2v) is 16.0. The van der Waals surface area contributed by atoms with Crippen molar-refractivity contribution in [3.8, 4) is 22.3 Å². The van der Waals surface area contributed by atoms with Crippen LogP contribution in [0.5, 0.6) is 0 Å². The molecule has 0 spiro atoms. The molecular formula is C58H35NO2. The summed E-state index contributed by atoms with van der Waals surface area (Å²) in [5.41, 5.74) is 11.2. The van der Waals surface area contributed by atoms with Gasteiger partial charge >= 0.3 is 0 Å². The van der Waals surface area contributed by atoms with Crippen molar-refractivity contribution in [1.29, 1.82) is 0 Å². The lowest BCUT2D eigenvalue weighted by molar-refractivity contribution is 0.669. The van der Waals surface area contributed by atoms with Crippen LogP contribution < -0.4 is 4.90 Å². The first kappa shape index (κ1) is 33.8. The average Bonchev–Trinajstić information content (AvgIpc) is 3.90. The molecule has 0 saturated carbocycles. The summed E-state index contributed by atoms with van der Waals surface area (Å²) >= 11 is 0. The zero-order valence-electron chi connectivity index (χ0n) is 33.0. The Labute approximate surface area is 350 Å². The van der Waals surface area contributed by atoms with Crippen LogP contribution in [0.3, 0.4) is 0 Å². The van der Waals surface area contributed by atoms with Gasteiger partial charge in [-0.25, -0.2) is 0 Å². The van der Waals surface area contributed by atoms with Crippen LogP contribution in [0, 0.1) is 0 Å². The van der Waals surface area contributed by atoms with Gasteiger partial charge in [0.05, 0.1) is 16.8 Å². The van der Waals surface area contributed by atoms with Crippen molar-refractivity contribution in [3.05, 3.63) is 212 Å². The zero-order valence-corrected chi connectivity index (χ0v) is 33.0. The molecule has 2 aromatic heterocycles. The van der Waals surface area contributed by atoms with E-state index in [1.165, 1.54) is 32.5 Å². The fourth-order valence-electron chi connectivity index (χ4n) is 9.76. The highest BCUT2D eigenvalue weighted by atomic mass is 16.3. The molecule has 3 heteroatoms. The fourth-order valence-corrected chi connectivity index (χ4v) is 9.76. The smallest absolute Gasteiger partial charge is 0.143 e. The molecule has 0 N–H and O–H groups in total. The van der Waals surface area contributed by atoms with Gasteiger partial charge in [-0.1, -0.05) is 152 Å². The van der Waals surface area contributed by atoms with Gasteiger partial charge in [-0.3, -0.25) is 0 Å². The Bertz CT molecular complexity index is 3890. The van der Waals surface area contributed by atoms with Crippen molar-refractivity contribution >= 4 is 104 Å². The topological polar surface area (TPSA) is 29.5 Å². The number of rotatable bonds is 5. The molecule has 61 heavy (non-hydrogen) atoms. The van der Waals surface area contributed by atoms with E-state index in [1.54, 1.807) is 0 Å². The van der Waals surface area contributed by atoms with Crippen LogP contribution in [0.2, 0.25) is 0 Å². The number of furan rings is 2. The first-order valence-electron chi connectivity index (χ1n) is 20.8. The Morgan fingerprint density at radius 1 is 0.295 bits per heavy atom. The number of fused-ring (bicyclic) bond motifs is 12. The van der Waals surface area contributed by atoms with Crippen molar-refractivity contribution < 1.29 is 8.83 Å². The Morgan fingerprint density at radius 2 is 0.885 bits per heavy atom. The molecule has 2 heterocycles. The monoisotopic (exact) mass is 777 g/mol. The van der Waals surface area contributed by atoms with Gasteiger partial charge in [-0.2, -0.15) is 0 Å². The largest absolute Gasteiger partial charge is 0.456 e. The van der Waals surface area contributed by atoms with E-state index in [-0.39, 0.29) is 0 Å². The van der Waals surface area contributed by atoms with E-state index in [1.807, 2.05) is 0 Å². The van der Waals surface area contributed by atoms with E-state index in [4.69, 9.17) is 8.83 Å². The highest BCUT2D eigenvalue weighted by molar-refractivity contribution is 6.21.